The summed E-state index contributed by atoms with van der Waals surface area (Å²) >= 11 is 0. The number of carboxylic acid groups (broad SMARTS) is 1. The molecule has 0 radical (unpaired) electrons. The molecule has 7 atom stereocenters. The molecule has 12 heteroatoms. The monoisotopic (exact) mass is 542 g/mol. The zero-order valence-corrected chi connectivity index (χ0v) is 22.7. The molecule has 2 amide bonds. The first kappa shape index (κ1) is 26.7. The first-order valence-corrected chi connectivity index (χ1v) is 14.8. The van der Waals surface area contributed by atoms with E-state index in [-0.39, 0.29) is 60.8 Å². The third kappa shape index (κ3) is 4.97. The van der Waals surface area contributed by atoms with Gasteiger partial charge in [0.05, 0.1) is 36.2 Å². The van der Waals surface area contributed by atoms with E-state index >= 15 is 0 Å². The molecule has 11 nitrogen and oxygen atoms in total. The van der Waals surface area contributed by atoms with E-state index in [0.717, 1.165) is 12.8 Å². The van der Waals surface area contributed by atoms with Crippen LogP contribution in [0.1, 0.15) is 40.0 Å². The van der Waals surface area contributed by atoms with Crippen molar-refractivity contribution in [1.82, 2.24) is 9.80 Å². The van der Waals surface area contributed by atoms with Gasteiger partial charge in [0.25, 0.3) is 0 Å². The Morgan fingerprint density at radius 1 is 1.24 bits per heavy atom. The number of epoxide rings is 2. The Hall–Kier alpha value is -1.89. The van der Waals surface area contributed by atoms with Gasteiger partial charge in [-0.1, -0.05) is 11.6 Å². The number of methoxy groups -OCH3 is 1. The van der Waals surface area contributed by atoms with E-state index in [1.807, 2.05) is 0 Å². The third-order valence-electron chi connectivity index (χ3n) is 8.92. The van der Waals surface area contributed by atoms with Crippen LogP contribution in [0.2, 0.25) is 0 Å². The summed E-state index contributed by atoms with van der Waals surface area (Å²) in [6.07, 6.45) is 1.93. The average molecular weight is 543 g/mol. The Morgan fingerprint density at radius 3 is 2.54 bits per heavy atom. The van der Waals surface area contributed by atoms with Crippen LogP contribution in [-0.4, -0.2) is 116 Å². The van der Waals surface area contributed by atoms with Crippen molar-refractivity contribution in [2.75, 3.05) is 44.9 Å². The van der Waals surface area contributed by atoms with Crippen molar-refractivity contribution < 1.29 is 42.1 Å². The van der Waals surface area contributed by atoms with Gasteiger partial charge < -0.3 is 33.9 Å². The molecule has 0 bridgehead atoms. The second-order valence-electron chi connectivity index (χ2n) is 11.6. The van der Waals surface area contributed by atoms with Gasteiger partial charge in [0.2, 0.25) is 0 Å². The van der Waals surface area contributed by atoms with Crippen LogP contribution >= 0.6 is 0 Å². The SMILES string of the molecule is CO[C@@H]1[C@H](OC(=O)N2CC(C3CS(=O)(=O)CCN3C(=O)O)C2)CC[C@]2(CO2)[C@H]1[C@@]1(C)O[C@@H]1CC=C(C)C. The van der Waals surface area contributed by atoms with Gasteiger partial charge in [0.15, 0.2) is 9.84 Å². The van der Waals surface area contributed by atoms with E-state index in [4.69, 9.17) is 18.9 Å². The molecule has 5 fully saturated rings. The molecule has 4 saturated heterocycles. The smallest absolute Gasteiger partial charge is 0.410 e. The minimum atomic E-state index is -3.31. The highest BCUT2D eigenvalue weighted by molar-refractivity contribution is 7.91. The molecule has 5 rings (SSSR count). The predicted molar refractivity (Wildman–Crippen MR) is 132 cm³/mol. The van der Waals surface area contributed by atoms with Crippen LogP contribution in [0.25, 0.3) is 0 Å². The molecule has 208 valence electrons. The maximum Gasteiger partial charge on any atom is 0.410 e. The normalized spacial score (nSPS) is 40.6. The zero-order chi connectivity index (χ0) is 26.8. The Balaban J connectivity index is 1.22. The van der Waals surface area contributed by atoms with Gasteiger partial charge in [-0.2, -0.15) is 0 Å². The largest absolute Gasteiger partial charge is 0.465 e. The van der Waals surface area contributed by atoms with Crippen LogP contribution in [0.5, 0.6) is 0 Å². The predicted octanol–water partition coefficient (Wildman–Crippen LogP) is 1.91. The topological polar surface area (TPSA) is 139 Å². The molecule has 0 aromatic rings. The quantitative estimate of drug-likeness (QED) is 0.394. The molecule has 1 aliphatic carbocycles. The average Bonchev–Trinajstić information content (AvgIpc) is 3.69. The molecule has 0 aromatic carbocycles. The van der Waals surface area contributed by atoms with E-state index in [1.54, 1.807) is 7.11 Å². The van der Waals surface area contributed by atoms with Gasteiger partial charge in [-0.3, -0.25) is 0 Å². The van der Waals surface area contributed by atoms with E-state index in [0.29, 0.717) is 13.0 Å². The number of amides is 2. The first-order valence-electron chi connectivity index (χ1n) is 13.0. The zero-order valence-electron chi connectivity index (χ0n) is 21.9. The highest BCUT2D eigenvalue weighted by Gasteiger charge is 2.72. The molecular formula is C25H38N2O9S. The van der Waals surface area contributed by atoms with E-state index in [1.165, 1.54) is 15.4 Å². The summed E-state index contributed by atoms with van der Waals surface area (Å²) < 4.78 is 48.3. The van der Waals surface area contributed by atoms with Gasteiger partial charge in [0.1, 0.15) is 23.4 Å². The van der Waals surface area contributed by atoms with Crippen molar-refractivity contribution in [2.45, 2.75) is 75.6 Å². The lowest BCUT2D eigenvalue weighted by atomic mass is 9.68. The summed E-state index contributed by atoms with van der Waals surface area (Å²) in [6.45, 7) is 7.34. The molecule has 5 aliphatic rings. The van der Waals surface area contributed by atoms with Crippen molar-refractivity contribution >= 4 is 22.0 Å². The van der Waals surface area contributed by atoms with Crippen LogP contribution in [0.3, 0.4) is 0 Å². The number of carbonyl (C=O) groups excluding carboxylic acids is 1. The molecular weight excluding hydrogens is 504 g/mol. The third-order valence-corrected chi connectivity index (χ3v) is 10.6. The van der Waals surface area contributed by atoms with E-state index in [9.17, 15) is 23.1 Å². The first-order chi connectivity index (χ1) is 17.4. The Morgan fingerprint density at radius 2 is 1.95 bits per heavy atom. The summed E-state index contributed by atoms with van der Waals surface area (Å²) in [5.41, 5.74) is 0.495. The van der Waals surface area contributed by atoms with Gasteiger partial charge in [-0.25, -0.2) is 18.0 Å². The van der Waals surface area contributed by atoms with Crippen LogP contribution in [-0.2, 0) is 28.8 Å². The second kappa shape index (κ2) is 9.39. The highest BCUT2D eigenvalue weighted by atomic mass is 32.2. The number of hydrogen-bond donors (Lipinski definition) is 1. The number of rotatable bonds is 6. The Kier molecular flexibility index (Phi) is 6.78. The number of allylic oxidation sites excluding steroid dienone is 1. The molecule has 1 saturated carbocycles. The number of nitrogens with zero attached hydrogens (tertiary/aromatic N) is 2. The Labute approximate surface area is 217 Å². The van der Waals surface area contributed by atoms with Crippen molar-refractivity contribution in [3.05, 3.63) is 11.6 Å². The number of hydrogen-bond acceptors (Lipinski definition) is 8. The maximum atomic E-state index is 13.0. The molecule has 1 unspecified atom stereocenters. The summed E-state index contributed by atoms with van der Waals surface area (Å²) in [7, 11) is -1.68. The minimum absolute atomic E-state index is 0.0401. The van der Waals surface area contributed by atoms with Crippen LogP contribution in [0.4, 0.5) is 9.59 Å². The molecule has 4 heterocycles. The van der Waals surface area contributed by atoms with Gasteiger partial charge in [-0.05, 0) is 40.0 Å². The number of carbonyl (C=O) groups is 2. The number of likely N-dealkylation sites (tertiary alicyclic amines) is 1. The van der Waals surface area contributed by atoms with Crippen LogP contribution < -0.4 is 0 Å². The molecule has 37 heavy (non-hydrogen) atoms. The maximum absolute atomic E-state index is 13.0. The second-order valence-corrected chi connectivity index (χ2v) is 13.9. The van der Waals surface area contributed by atoms with Crippen LogP contribution in [0, 0.1) is 11.8 Å². The minimum Gasteiger partial charge on any atom is -0.465 e. The molecule has 0 aromatic heterocycles. The molecule has 4 aliphatic heterocycles. The fourth-order valence-electron chi connectivity index (χ4n) is 6.64. The standard InChI is InChI=1S/C25H38N2O9S/c1-15(2)5-6-19-24(3,36-19)21-20(33-4)18(7-8-25(21)14-34-25)35-23(30)26-11-16(12-26)17-13-37(31,32)10-9-27(17)22(28)29/h5,16-21H,6-14H2,1-4H3,(H,28,29)/t17?,18-,19-,20-,21-,24+,25+/m1/s1. The van der Waals surface area contributed by atoms with Crippen LogP contribution in [0.15, 0.2) is 11.6 Å². The molecule has 1 spiro atoms. The summed E-state index contributed by atoms with van der Waals surface area (Å²) in [5.74, 6) is -0.697. The molecule has 1 N–H and O–H groups in total. The lowest BCUT2D eigenvalue weighted by Gasteiger charge is -2.48. The lowest BCUT2D eigenvalue weighted by Crippen LogP contribution is -2.64. The van der Waals surface area contributed by atoms with Gasteiger partial charge >= 0.3 is 12.2 Å². The summed E-state index contributed by atoms with van der Waals surface area (Å²) in [6, 6.07) is -0.650. The summed E-state index contributed by atoms with van der Waals surface area (Å²) in [5, 5.41) is 9.51. The highest BCUT2D eigenvalue weighted by Crippen LogP contribution is 2.59. The van der Waals surface area contributed by atoms with Crippen molar-refractivity contribution in [3.63, 3.8) is 0 Å². The van der Waals surface area contributed by atoms with E-state index in [2.05, 4.69) is 26.8 Å². The number of ether oxygens (including phenoxy) is 4. The van der Waals surface area contributed by atoms with Crippen molar-refractivity contribution in [1.29, 1.82) is 0 Å². The van der Waals surface area contributed by atoms with Crippen molar-refractivity contribution in [2.24, 2.45) is 11.8 Å². The number of sulfone groups is 1. The summed E-state index contributed by atoms with van der Waals surface area (Å²) in [4.78, 5) is 27.4. The lowest BCUT2D eigenvalue weighted by molar-refractivity contribution is -0.125. The fourth-order valence-corrected chi connectivity index (χ4v) is 8.26. The van der Waals surface area contributed by atoms with E-state index < -0.39 is 39.8 Å². The van der Waals surface area contributed by atoms with Gasteiger partial charge in [0, 0.05) is 32.7 Å². The van der Waals surface area contributed by atoms with Gasteiger partial charge in [-0.15, -0.1) is 0 Å². The fraction of sp³-hybridized carbons (Fsp3) is 0.840. The Bertz CT molecular complexity index is 1060. The van der Waals surface area contributed by atoms with Crippen molar-refractivity contribution in [3.8, 4) is 0 Å².